The number of nitrogens with zero attached hydrogens (tertiary/aromatic N) is 2. The average Bonchev–Trinajstić information content (AvgIpc) is 2.83. The van der Waals surface area contributed by atoms with Crippen LogP contribution in [0.3, 0.4) is 0 Å². The minimum Gasteiger partial charge on any atom is -0.480 e. The van der Waals surface area contributed by atoms with E-state index in [1.54, 1.807) is 0 Å². The van der Waals surface area contributed by atoms with Gasteiger partial charge in [0.2, 0.25) is 5.95 Å². The average molecular weight is 298 g/mol. The molecule has 1 aromatic rings. The van der Waals surface area contributed by atoms with Crippen molar-refractivity contribution < 1.29 is 19.1 Å². The van der Waals surface area contributed by atoms with Crippen molar-refractivity contribution in [3.63, 3.8) is 0 Å². The Balaban J connectivity index is 2.26. The standard InChI is InChI=1S/C13H15FN2O3S/c1-2-3-11-16(9(7-20-11)13(18)19)12(17)8-4-5-10(14)15-6-8/h4-6,9,11H,2-3,7H2,1H3,(H,18,19). The molecule has 1 aromatic heterocycles. The van der Waals surface area contributed by atoms with E-state index in [-0.39, 0.29) is 10.9 Å². The Morgan fingerprint density at radius 3 is 2.85 bits per heavy atom. The number of carbonyl (C=O) groups excluding carboxylic acids is 1. The molecule has 0 spiro atoms. The van der Waals surface area contributed by atoms with Gasteiger partial charge in [0.1, 0.15) is 6.04 Å². The number of thioether (sulfide) groups is 1. The number of carbonyl (C=O) groups is 2. The number of carboxylic acid groups (broad SMARTS) is 1. The number of aliphatic carboxylic acids is 1. The Labute approximate surface area is 120 Å². The molecule has 2 heterocycles. The van der Waals surface area contributed by atoms with Gasteiger partial charge in [-0.3, -0.25) is 4.79 Å². The van der Waals surface area contributed by atoms with Crippen molar-refractivity contribution in [1.82, 2.24) is 9.88 Å². The Morgan fingerprint density at radius 2 is 2.30 bits per heavy atom. The number of hydrogen-bond donors (Lipinski definition) is 1. The van der Waals surface area contributed by atoms with Crippen LogP contribution in [-0.2, 0) is 4.79 Å². The first-order valence-corrected chi connectivity index (χ1v) is 7.38. The molecular weight excluding hydrogens is 283 g/mol. The van der Waals surface area contributed by atoms with Crippen LogP contribution in [0.25, 0.3) is 0 Å². The number of amides is 1. The zero-order valence-electron chi connectivity index (χ0n) is 11.0. The molecule has 2 unspecified atom stereocenters. The smallest absolute Gasteiger partial charge is 0.327 e. The van der Waals surface area contributed by atoms with Gasteiger partial charge < -0.3 is 10.0 Å². The summed E-state index contributed by atoms with van der Waals surface area (Å²) in [5.41, 5.74) is 0.209. The van der Waals surface area contributed by atoms with Gasteiger partial charge in [-0.05, 0) is 18.6 Å². The lowest BCUT2D eigenvalue weighted by molar-refractivity contribution is -0.141. The van der Waals surface area contributed by atoms with Crippen molar-refractivity contribution in [3.8, 4) is 0 Å². The third kappa shape index (κ3) is 2.92. The third-order valence-electron chi connectivity index (χ3n) is 3.12. The number of pyridine rings is 1. The topological polar surface area (TPSA) is 70.5 Å². The van der Waals surface area contributed by atoms with E-state index in [2.05, 4.69) is 4.98 Å². The van der Waals surface area contributed by atoms with Crippen LogP contribution in [0.15, 0.2) is 18.3 Å². The fourth-order valence-corrected chi connectivity index (χ4v) is 3.66. The molecule has 2 atom stereocenters. The van der Waals surface area contributed by atoms with Crippen LogP contribution >= 0.6 is 11.8 Å². The lowest BCUT2D eigenvalue weighted by atomic mass is 10.2. The van der Waals surface area contributed by atoms with E-state index in [4.69, 9.17) is 0 Å². The molecule has 20 heavy (non-hydrogen) atoms. The van der Waals surface area contributed by atoms with Crippen molar-refractivity contribution in [1.29, 1.82) is 0 Å². The van der Waals surface area contributed by atoms with E-state index in [9.17, 15) is 19.1 Å². The predicted octanol–water partition coefficient (Wildman–Crippen LogP) is 1.99. The van der Waals surface area contributed by atoms with Gasteiger partial charge in [0.25, 0.3) is 5.91 Å². The second-order valence-electron chi connectivity index (χ2n) is 4.51. The van der Waals surface area contributed by atoms with E-state index in [0.29, 0.717) is 5.75 Å². The molecule has 2 rings (SSSR count). The molecule has 5 nitrogen and oxygen atoms in total. The Morgan fingerprint density at radius 1 is 1.55 bits per heavy atom. The quantitative estimate of drug-likeness (QED) is 0.861. The summed E-state index contributed by atoms with van der Waals surface area (Å²) in [6, 6.07) is 1.59. The monoisotopic (exact) mass is 298 g/mol. The summed E-state index contributed by atoms with van der Waals surface area (Å²) < 4.78 is 12.8. The first-order valence-electron chi connectivity index (χ1n) is 6.33. The van der Waals surface area contributed by atoms with Crippen molar-refractivity contribution in [2.75, 3.05) is 5.75 Å². The fourth-order valence-electron chi connectivity index (χ4n) is 2.15. The second kappa shape index (κ2) is 6.21. The maximum absolute atomic E-state index is 12.8. The minimum atomic E-state index is -1.01. The molecular formula is C13H15FN2O3S. The van der Waals surface area contributed by atoms with Crippen LogP contribution in [0.4, 0.5) is 4.39 Å². The van der Waals surface area contributed by atoms with Crippen LogP contribution in [0.1, 0.15) is 30.1 Å². The molecule has 0 bridgehead atoms. The highest BCUT2D eigenvalue weighted by Crippen LogP contribution is 2.33. The molecule has 1 aliphatic rings. The first-order chi connectivity index (χ1) is 9.54. The fraction of sp³-hybridized carbons (Fsp3) is 0.462. The zero-order valence-corrected chi connectivity index (χ0v) is 11.8. The number of aromatic nitrogens is 1. The molecule has 1 aliphatic heterocycles. The van der Waals surface area contributed by atoms with E-state index in [1.807, 2.05) is 6.92 Å². The van der Waals surface area contributed by atoms with Crippen LogP contribution in [0.5, 0.6) is 0 Å². The van der Waals surface area contributed by atoms with E-state index in [0.717, 1.165) is 25.1 Å². The summed E-state index contributed by atoms with van der Waals surface area (Å²) in [4.78, 5) is 28.5. The SMILES string of the molecule is CCCC1SCC(C(=O)O)N1C(=O)c1ccc(F)nc1. The first kappa shape index (κ1) is 14.8. The Kier molecular flexibility index (Phi) is 4.59. The van der Waals surface area contributed by atoms with Gasteiger partial charge in [0.05, 0.1) is 10.9 Å². The van der Waals surface area contributed by atoms with Gasteiger partial charge in [-0.15, -0.1) is 11.8 Å². The van der Waals surface area contributed by atoms with Crippen LogP contribution in [0.2, 0.25) is 0 Å². The summed E-state index contributed by atoms with van der Waals surface area (Å²) in [6.07, 6.45) is 2.73. The predicted molar refractivity (Wildman–Crippen MR) is 72.9 cm³/mol. The summed E-state index contributed by atoms with van der Waals surface area (Å²) in [6.45, 7) is 1.98. The van der Waals surface area contributed by atoms with Crippen LogP contribution < -0.4 is 0 Å². The maximum Gasteiger partial charge on any atom is 0.327 e. The largest absolute Gasteiger partial charge is 0.480 e. The molecule has 108 valence electrons. The lowest BCUT2D eigenvalue weighted by Gasteiger charge is -2.27. The summed E-state index contributed by atoms with van der Waals surface area (Å²) in [5.74, 6) is -1.72. The van der Waals surface area contributed by atoms with E-state index < -0.39 is 23.9 Å². The van der Waals surface area contributed by atoms with Gasteiger partial charge in [-0.1, -0.05) is 13.3 Å². The summed E-state index contributed by atoms with van der Waals surface area (Å²) >= 11 is 1.47. The summed E-state index contributed by atoms with van der Waals surface area (Å²) in [7, 11) is 0. The van der Waals surface area contributed by atoms with Crippen LogP contribution in [-0.4, -0.2) is 44.0 Å². The van der Waals surface area contributed by atoms with Crippen molar-refractivity contribution in [3.05, 3.63) is 29.8 Å². The normalized spacial score (nSPS) is 22.0. The minimum absolute atomic E-state index is 0.154. The van der Waals surface area contributed by atoms with Crippen LogP contribution in [0, 0.1) is 5.95 Å². The van der Waals surface area contributed by atoms with Crippen molar-refractivity contribution in [2.24, 2.45) is 0 Å². The highest BCUT2D eigenvalue weighted by molar-refractivity contribution is 8.00. The van der Waals surface area contributed by atoms with Gasteiger partial charge in [-0.2, -0.15) is 4.39 Å². The molecule has 1 saturated heterocycles. The number of hydrogen-bond acceptors (Lipinski definition) is 4. The molecule has 0 aromatic carbocycles. The van der Waals surface area contributed by atoms with Crippen molar-refractivity contribution in [2.45, 2.75) is 31.2 Å². The Bertz CT molecular complexity index is 509. The zero-order chi connectivity index (χ0) is 14.7. The van der Waals surface area contributed by atoms with E-state index in [1.165, 1.54) is 22.7 Å². The molecule has 0 saturated carbocycles. The molecule has 1 amide bonds. The lowest BCUT2D eigenvalue weighted by Crippen LogP contribution is -2.45. The number of rotatable bonds is 4. The Hall–Kier alpha value is -1.63. The summed E-state index contributed by atoms with van der Waals surface area (Å²) in [5, 5.41) is 9.07. The van der Waals surface area contributed by atoms with E-state index >= 15 is 0 Å². The second-order valence-corrected chi connectivity index (χ2v) is 5.72. The van der Waals surface area contributed by atoms with Gasteiger partial charge in [0.15, 0.2) is 0 Å². The highest BCUT2D eigenvalue weighted by Gasteiger charge is 2.41. The molecule has 7 heteroatoms. The molecule has 0 radical (unpaired) electrons. The van der Waals surface area contributed by atoms with Gasteiger partial charge in [0, 0.05) is 11.9 Å². The van der Waals surface area contributed by atoms with Gasteiger partial charge >= 0.3 is 5.97 Å². The van der Waals surface area contributed by atoms with Gasteiger partial charge in [-0.25, -0.2) is 9.78 Å². The number of halogens is 1. The molecule has 1 fully saturated rings. The molecule has 0 aliphatic carbocycles. The highest BCUT2D eigenvalue weighted by atomic mass is 32.2. The maximum atomic E-state index is 12.8. The molecule has 1 N–H and O–H groups in total. The van der Waals surface area contributed by atoms with Crippen molar-refractivity contribution >= 4 is 23.6 Å². The third-order valence-corrected chi connectivity index (χ3v) is 4.48. The number of carboxylic acids is 1.